The average molecular weight is 371 g/mol. The SMILES string of the molecule is CCOC(=O)c1csc(NC(=O)CSCc2cccc(Cl)c2)n1. The summed E-state index contributed by atoms with van der Waals surface area (Å²) in [5.74, 6) is 0.335. The Morgan fingerprint density at radius 1 is 1.43 bits per heavy atom. The van der Waals surface area contributed by atoms with Crippen LogP contribution in [0.3, 0.4) is 0 Å². The van der Waals surface area contributed by atoms with Gasteiger partial charge in [0.05, 0.1) is 12.4 Å². The maximum absolute atomic E-state index is 11.9. The van der Waals surface area contributed by atoms with Crippen molar-refractivity contribution in [3.63, 3.8) is 0 Å². The molecule has 0 fully saturated rings. The van der Waals surface area contributed by atoms with Gasteiger partial charge in [-0.2, -0.15) is 0 Å². The molecule has 1 amide bonds. The van der Waals surface area contributed by atoms with Crippen LogP contribution in [0.4, 0.5) is 5.13 Å². The summed E-state index contributed by atoms with van der Waals surface area (Å²) in [6.07, 6.45) is 0. The molecule has 2 rings (SSSR count). The van der Waals surface area contributed by atoms with E-state index in [4.69, 9.17) is 16.3 Å². The van der Waals surface area contributed by atoms with Crippen LogP contribution in [0.15, 0.2) is 29.6 Å². The fourth-order valence-electron chi connectivity index (χ4n) is 1.67. The number of thioether (sulfide) groups is 1. The number of hydrogen-bond acceptors (Lipinski definition) is 6. The number of anilines is 1. The molecule has 0 spiro atoms. The molecule has 0 radical (unpaired) electrons. The Hall–Kier alpha value is -1.57. The number of carbonyl (C=O) groups is 2. The number of halogens is 1. The summed E-state index contributed by atoms with van der Waals surface area (Å²) in [5, 5.41) is 5.31. The van der Waals surface area contributed by atoms with E-state index in [1.165, 1.54) is 23.1 Å². The number of thiazole rings is 1. The van der Waals surface area contributed by atoms with Gasteiger partial charge in [0.25, 0.3) is 0 Å². The molecule has 1 aromatic heterocycles. The van der Waals surface area contributed by atoms with E-state index in [9.17, 15) is 9.59 Å². The smallest absolute Gasteiger partial charge is 0.357 e. The van der Waals surface area contributed by atoms with E-state index in [1.54, 1.807) is 12.3 Å². The molecule has 1 N–H and O–H groups in total. The molecule has 0 saturated carbocycles. The first-order valence-corrected chi connectivity index (χ1v) is 9.24. The molecule has 5 nitrogen and oxygen atoms in total. The van der Waals surface area contributed by atoms with Crippen molar-refractivity contribution in [2.24, 2.45) is 0 Å². The molecule has 2 aromatic rings. The van der Waals surface area contributed by atoms with Gasteiger partial charge in [-0.1, -0.05) is 23.7 Å². The lowest BCUT2D eigenvalue weighted by Gasteiger charge is -2.03. The van der Waals surface area contributed by atoms with Crippen molar-refractivity contribution in [1.82, 2.24) is 4.98 Å². The molecular formula is C15H15ClN2O3S2. The van der Waals surface area contributed by atoms with E-state index in [2.05, 4.69) is 10.3 Å². The van der Waals surface area contributed by atoms with E-state index in [0.29, 0.717) is 21.7 Å². The maximum Gasteiger partial charge on any atom is 0.357 e. The van der Waals surface area contributed by atoms with Gasteiger partial charge in [-0.05, 0) is 24.6 Å². The first-order valence-electron chi connectivity index (χ1n) is 6.83. The van der Waals surface area contributed by atoms with E-state index < -0.39 is 5.97 Å². The van der Waals surface area contributed by atoms with Gasteiger partial charge in [-0.3, -0.25) is 4.79 Å². The molecule has 0 atom stereocenters. The monoisotopic (exact) mass is 370 g/mol. The Morgan fingerprint density at radius 3 is 3.00 bits per heavy atom. The predicted molar refractivity (Wildman–Crippen MR) is 94.3 cm³/mol. The van der Waals surface area contributed by atoms with Crippen LogP contribution >= 0.6 is 34.7 Å². The molecule has 0 aliphatic heterocycles. The minimum Gasteiger partial charge on any atom is -0.461 e. The number of nitrogens with one attached hydrogen (secondary N) is 1. The van der Waals surface area contributed by atoms with Crippen molar-refractivity contribution in [2.75, 3.05) is 17.7 Å². The third-order valence-corrected chi connectivity index (χ3v) is 4.62. The van der Waals surface area contributed by atoms with Crippen LogP contribution in [0.2, 0.25) is 5.02 Å². The molecule has 0 aliphatic rings. The van der Waals surface area contributed by atoms with Gasteiger partial charge in [0, 0.05) is 16.2 Å². The predicted octanol–water partition coefficient (Wildman–Crippen LogP) is 3.85. The number of benzene rings is 1. The first-order chi connectivity index (χ1) is 11.1. The van der Waals surface area contributed by atoms with Crippen molar-refractivity contribution in [2.45, 2.75) is 12.7 Å². The third-order valence-electron chi connectivity index (χ3n) is 2.63. The number of rotatable bonds is 7. The van der Waals surface area contributed by atoms with Crippen LogP contribution in [0.25, 0.3) is 0 Å². The summed E-state index contributed by atoms with van der Waals surface area (Å²) in [5.41, 5.74) is 1.27. The molecule has 23 heavy (non-hydrogen) atoms. The number of amides is 1. The lowest BCUT2D eigenvalue weighted by atomic mass is 10.2. The fourth-order valence-corrected chi connectivity index (χ4v) is 3.36. The number of nitrogens with zero attached hydrogens (tertiary/aromatic N) is 1. The van der Waals surface area contributed by atoms with Gasteiger partial charge in [-0.15, -0.1) is 23.1 Å². The molecule has 0 bridgehead atoms. The Bertz CT molecular complexity index is 691. The van der Waals surface area contributed by atoms with E-state index >= 15 is 0 Å². The van der Waals surface area contributed by atoms with Gasteiger partial charge in [0.2, 0.25) is 5.91 Å². The number of carbonyl (C=O) groups excluding carboxylic acids is 2. The summed E-state index contributed by atoms with van der Waals surface area (Å²) in [7, 11) is 0. The summed E-state index contributed by atoms with van der Waals surface area (Å²) < 4.78 is 4.85. The highest BCUT2D eigenvalue weighted by Crippen LogP contribution is 2.19. The lowest BCUT2D eigenvalue weighted by molar-refractivity contribution is -0.113. The standard InChI is InChI=1S/C15H15ClN2O3S2/c1-2-21-14(20)12-8-23-15(17-12)18-13(19)9-22-7-10-4-3-5-11(16)6-10/h3-6,8H,2,7,9H2,1H3,(H,17,18,19). The Balaban J connectivity index is 1.77. The number of aromatic nitrogens is 1. The summed E-state index contributed by atoms with van der Waals surface area (Å²) >= 11 is 8.58. The molecule has 0 unspecified atom stereocenters. The second-order valence-electron chi connectivity index (χ2n) is 4.43. The topological polar surface area (TPSA) is 68.3 Å². The third kappa shape index (κ3) is 5.85. The number of ether oxygens (including phenoxy) is 1. The normalized spacial score (nSPS) is 10.3. The summed E-state index contributed by atoms with van der Waals surface area (Å²) in [6.45, 7) is 2.02. The molecule has 0 aliphatic carbocycles. The maximum atomic E-state index is 11.9. The molecule has 0 saturated heterocycles. The Labute approximate surface area is 147 Å². The quantitative estimate of drug-likeness (QED) is 0.750. The Morgan fingerprint density at radius 2 is 2.26 bits per heavy atom. The van der Waals surface area contributed by atoms with Crippen LogP contribution in [0.1, 0.15) is 23.0 Å². The molecule has 1 heterocycles. The van der Waals surface area contributed by atoms with E-state index in [-0.39, 0.29) is 18.2 Å². The number of esters is 1. The van der Waals surface area contributed by atoms with Crippen molar-refractivity contribution < 1.29 is 14.3 Å². The largest absolute Gasteiger partial charge is 0.461 e. The average Bonchev–Trinajstić information content (AvgIpc) is 2.96. The van der Waals surface area contributed by atoms with Crippen molar-refractivity contribution in [1.29, 1.82) is 0 Å². The Kier molecular flexibility index (Phi) is 6.88. The minimum absolute atomic E-state index is 0.165. The van der Waals surface area contributed by atoms with Crippen molar-refractivity contribution >= 4 is 51.7 Å². The summed E-state index contributed by atoms with van der Waals surface area (Å²) in [6, 6.07) is 7.53. The van der Waals surface area contributed by atoms with Crippen LogP contribution in [0.5, 0.6) is 0 Å². The van der Waals surface area contributed by atoms with Gasteiger partial charge < -0.3 is 10.1 Å². The van der Waals surface area contributed by atoms with E-state index in [0.717, 1.165) is 5.56 Å². The number of hydrogen-bond donors (Lipinski definition) is 1. The molecule has 8 heteroatoms. The second-order valence-corrected chi connectivity index (χ2v) is 6.71. The molecule has 1 aromatic carbocycles. The fraction of sp³-hybridized carbons (Fsp3) is 0.267. The van der Waals surface area contributed by atoms with Gasteiger partial charge in [0.1, 0.15) is 0 Å². The second kappa shape index (κ2) is 8.90. The van der Waals surface area contributed by atoms with Crippen molar-refractivity contribution in [3.8, 4) is 0 Å². The summed E-state index contributed by atoms with van der Waals surface area (Å²) in [4.78, 5) is 27.4. The van der Waals surface area contributed by atoms with Gasteiger partial charge in [0.15, 0.2) is 10.8 Å². The van der Waals surface area contributed by atoms with Gasteiger partial charge in [-0.25, -0.2) is 9.78 Å². The highest BCUT2D eigenvalue weighted by Gasteiger charge is 2.13. The highest BCUT2D eigenvalue weighted by atomic mass is 35.5. The first kappa shape index (κ1) is 17.8. The highest BCUT2D eigenvalue weighted by molar-refractivity contribution is 7.99. The molecule has 122 valence electrons. The molecular weight excluding hydrogens is 356 g/mol. The van der Waals surface area contributed by atoms with Crippen LogP contribution in [-0.2, 0) is 15.3 Å². The van der Waals surface area contributed by atoms with E-state index in [1.807, 2.05) is 24.3 Å². The van der Waals surface area contributed by atoms with Crippen molar-refractivity contribution in [3.05, 3.63) is 45.9 Å². The zero-order valence-electron chi connectivity index (χ0n) is 12.4. The van der Waals surface area contributed by atoms with Crippen LogP contribution in [0, 0.1) is 0 Å². The van der Waals surface area contributed by atoms with Crippen LogP contribution in [-0.4, -0.2) is 29.2 Å². The lowest BCUT2D eigenvalue weighted by Crippen LogP contribution is -2.14. The zero-order chi connectivity index (χ0) is 16.7. The zero-order valence-corrected chi connectivity index (χ0v) is 14.8. The minimum atomic E-state index is -0.486. The van der Waals surface area contributed by atoms with Crippen LogP contribution < -0.4 is 5.32 Å². The van der Waals surface area contributed by atoms with Gasteiger partial charge >= 0.3 is 5.97 Å².